The number of para-hydroxylation sites is 2. The second kappa shape index (κ2) is 10.3. The van der Waals surface area contributed by atoms with Crippen LogP contribution in [0.5, 0.6) is 5.75 Å². The van der Waals surface area contributed by atoms with E-state index in [-0.39, 0.29) is 5.56 Å². The first-order chi connectivity index (χ1) is 14.2. The summed E-state index contributed by atoms with van der Waals surface area (Å²) in [6, 6.07) is 13.1. The first kappa shape index (κ1) is 22.7. The zero-order chi connectivity index (χ0) is 22.1. The third kappa shape index (κ3) is 7.46. The number of hydrogen-bond acceptors (Lipinski definition) is 6. The Balaban J connectivity index is 1.92. The highest BCUT2D eigenvalue weighted by molar-refractivity contribution is 5.97. The Morgan fingerprint density at radius 2 is 1.70 bits per heavy atom. The Kier molecular flexibility index (Phi) is 7.80. The van der Waals surface area contributed by atoms with Crippen molar-refractivity contribution in [3.05, 3.63) is 54.1 Å². The van der Waals surface area contributed by atoms with Gasteiger partial charge in [-0.15, -0.1) is 0 Å². The molecule has 2 rings (SSSR count). The van der Waals surface area contributed by atoms with Gasteiger partial charge in [-0.3, -0.25) is 10.1 Å². The highest BCUT2D eigenvalue weighted by Crippen LogP contribution is 2.23. The number of hydrogen-bond donors (Lipinski definition) is 2. The summed E-state index contributed by atoms with van der Waals surface area (Å²) >= 11 is 0. The van der Waals surface area contributed by atoms with E-state index < -0.39 is 30.2 Å². The SMILES string of the molecule is CCOc1ccccc1NC(=O)COC(=O)c1cccc(NC(=O)OC(C)(C)C)c1. The molecule has 0 aliphatic heterocycles. The van der Waals surface area contributed by atoms with Crippen molar-refractivity contribution in [1.82, 2.24) is 0 Å². The van der Waals surface area contributed by atoms with Gasteiger partial charge >= 0.3 is 12.1 Å². The van der Waals surface area contributed by atoms with Crippen LogP contribution in [0.2, 0.25) is 0 Å². The van der Waals surface area contributed by atoms with Crippen molar-refractivity contribution in [2.75, 3.05) is 23.8 Å². The fourth-order valence-electron chi connectivity index (χ4n) is 2.40. The van der Waals surface area contributed by atoms with Crippen LogP contribution in [0.3, 0.4) is 0 Å². The van der Waals surface area contributed by atoms with Crippen LogP contribution in [0, 0.1) is 0 Å². The van der Waals surface area contributed by atoms with E-state index in [4.69, 9.17) is 14.2 Å². The molecule has 8 nitrogen and oxygen atoms in total. The van der Waals surface area contributed by atoms with Crippen molar-refractivity contribution in [2.24, 2.45) is 0 Å². The Labute approximate surface area is 175 Å². The summed E-state index contributed by atoms with van der Waals surface area (Å²) in [6.07, 6.45) is -0.639. The Hall–Kier alpha value is -3.55. The lowest BCUT2D eigenvalue weighted by Gasteiger charge is -2.19. The minimum Gasteiger partial charge on any atom is -0.492 e. The van der Waals surface area contributed by atoms with E-state index in [0.29, 0.717) is 23.7 Å². The second-order valence-electron chi connectivity index (χ2n) is 7.26. The number of ether oxygens (including phenoxy) is 3. The van der Waals surface area contributed by atoms with Crippen molar-refractivity contribution in [3.8, 4) is 5.75 Å². The Morgan fingerprint density at radius 1 is 0.967 bits per heavy atom. The number of nitrogens with one attached hydrogen (secondary N) is 2. The fraction of sp³-hybridized carbons (Fsp3) is 0.318. The molecule has 0 fully saturated rings. The van der Waals surface area contributed by atoms with Crippen LogP contribution in [0.4, 0.5) is 16.2 Å². The topological polar surface area (TPSA) is 103 Å². The first-order valence-electron chi connectivity index (χ1n) is 9.47. The molecule has 2 N–H and O–H groups in total. The van der Waals surface area contributed by atoms with Gasteiger partial charge in [-0.05, 0) is 58.0 Å². The third-order valence-electron chi connectivity index (χ3n) is 3.54. The van der Waals surface area contributed by atoms with E-state index in [1.54, 1.807) is 57.2 Å². The average Bonchev–Trinajstić information content (AvgIpc) is 2.66. The highest BCUT2D eigenvalue weighted by atomic mass is 16.6. The van der Waals surface area contributed by atoms with Crippen LogP contribution < -0.4 is 15.4 Å². The van der Waals surface area contributed by atoms with Gasteiger partial charge in [0.05, 0.1) is 17.9 Å². The summed E-state index contributed by atoms with van der Waals surface area (Å²) in [7, 11) is 0. The molecule has 0 atom stereocenters. The minimum absolute atomic E-state index is 0.186. The number of benzene rings is 2. The smallest absolute Gasteiger partial charge is 0.412 e. The van der Waals surface area contributed by atoms with Gasteiger partial charge in [0.1, 0.15) is 11.4 Å². The van der Waals surface area contributed by atoms with Gasteiger partial charge in [0.2, 0.25) is 0 Å². The molecule has 0 aliphatic rings. The molecule has 0 aliphatic carbocycles. The number of anilines is 2. The van der Waals surface area contributed by atoms with Gasteiger partial charge in [-0.2, -0.15) is 0 Å². The molecule has 8 heteroatoms. The molecule has 0 radical (unpaired) electrons. The lowest BCUT2D eigenvalue weighted by Crippen LogP contribution is -2.27. The molecule has 0 unspecified atom stereocenters. The molecule has 0 aromatic heterocycles. The second-order valence-corrected chi connectivity index (χ2v) is 7.26. The van der Waals surface area contributed by atoms with Crippen LogP contribution >= 0.6 is 0 Å². The number of carbonyl (C=O) groups excluding carboxylic acids is 3. The summed E-state index contributed by atoms with van der Waals surface area (Å²) in [5, 5.41) is 5.19. The summed E-state index contributed by atoms with van der Waals surface area (Å²) in [6.45, 7) is 7.07. The van der Waals surface area contributed by atoms with Gasteiger partial charge in [0, 0.05) is 5.69 Å². The third-order valence-corrected chi connectivity index (χ3v) is 3.54. The molecule has 0 bridgehead atoms. The van der Waals surface area contributed by atoms with Crippen molar-refractivity contribution in [2.45, 2.75) is 33.3 Å². The van der Waals surface area contributed by atoms with Crippen LogP contribution in [0.1, 0.15) is 38.1 Å². The normalized spacial score (nSPS) is 10.7. The average molecular weight is 414 g/mol. The number of esters is 1. The van der Waals surface area contributed by atoms with Gasteiger partial charge in [-0.1, -0.05) is 18.2 Å². The molecule has 30 heavy (non-hydrogen) atoms. The number of rotatable bonds is 7. The fourth-order valence-corrected chi connectivity index (χ4v) is 2.40. The molecule has 2 aromatic carbocycles. The van der Waals surface area contributed by atoms with Crippen LogP contribution in [0.15, 0.2) is 48.5 Å². The van der Waals surface area contributed by atoms with E-state index in [9.17, 15) is 14.4 Å². The van der Waals surface area contributed by atoms with Gasteiger partial charge in [0.15, 0.2) is 6.61 Å². The van der Waals surface area contributed by atoms with E-state index in [1.807, 2.05) is 6.92 Å². The highest BCUT2D eigenvalue weighted by Gasteiger charge is 2.17. The molecule has 2 amide bonds. The van der Waals surface area contributed by atoms with Gasteiger partial charge in [-0.25, -0.2) is 9.59 Å². The van der Waals surface area contributed by atoms with E-state index in [1.165, 1.54) is 12.1 Å². The van der Waals surface area contributed by atoms with Gasteiger partial charge < -0.3 is 19.5 Å². The zero-order valence-corrected chi connectivity index (χ0v) is 17.5. The molecule has 0 heterocycles. The predicted octanol–water partition coefficient (Wildman–Crippen LogP) is 4.23. The van der Waals surface area contributed by atoms with E-state index in [2.05, 4.69) is 10.6 Å². The monoisotopic (exact) mass is 414 g/mol. The number of carbonyl (C=O) groups is 3. The summed E-state index contributed by atoms with van der Waals surface area (Å²) in [5.41, 5.74) is 0.401. The maximum Gasteiger partial charge on any atom is 0.412 e. The van der Waals surface area contributed by atoms with Gasteiger partial charge in [0.25, 0.3) is 5.91 Å². The Bertz CT molecular complexity index is 904. The molecule has 160 valence electrons. The largest absolute Gasteiger partial charge is 0.492 e. The molecular formula is C22H26N2O6. The van der Waals surface area contributed by atoms with Crippen LogP contribution in [-0.2, 0) is 14.3 Å². The predicted molar refractivity (Wildman–Crippen MR) is 113 cm³/mol. The van der Waals surface area contributed by atoms with Crippen molar-refractivity contribution < 1.29 is 28.6 Å². The maximum atomic E-state index is 12.3. The zero-order valence-electron chi connectivity index (χ0n) is 17.5. The van der Waals surface area contributed by atoms with E-state index in [0.717, 1.165) is 0 Å². The van der Waals surface area contributed by atoms with Crippen molar-refractivity contribution in [3.63, 3.8) is 0 Å². The number of amides is 2. The van der Waals surface area contributed by atoms with Crippen LogP contribution in [-0.4, -0.2) is 36.8 Å². The first-order valence-corrected chi connectivity index (χ1v) is 9.47. The molecule has 0 spiro atoms. The maximum absolute atomic E-state index is 12.3. The quantitative estimate of drug-likeness (QED) is 0.658. The lowest BCUT2D eigenvalue weighted by molar-refractivity contribution is -0.119. The van der Waals surface area contributed by atoms with E-state index >= 15 is 0 Å². The summed E-state index contributed by atoms with van der Waals surface area (Å²) in [5.74, 6) is -0.671. The summed E-state index contributed by atoms with van der Waals surface area (Å²) in [4.78, 5) is 36.3. The van der Waals surface area contributed by atoms with Crippen LogP contribution in [0.25, 0.3) is 0 Å². The molecular weight excluding hydrogens is 388 g/mol. The minimum atomic E-state index is -0.698. The molecule has 0 saturated heterocycles. The standard InChI is InChI=1S/C22H26N2O6/c1-5-28-18-12-7-6-11-17(18)24-19(25)14-29-20(26)15-9-8-10-16(13-15)23-21(27)30-22(2,3)4/h6-13H,5,14H2,1-4H3,(H,23,27)(H,24,25). The molecule has 0 saturated carbocycles. The molecule has 2 aromatic rings. The Morgan fingerprint density at radius 3 is 2.40 bits per heavy atom. The summed E-state index contributed by atoms with van der Waals surface area (Å²) < 4.78 is 15.7. The van der Waals surface area contributed by atoms with Crippen molar-refractivity contribution >= 4 is 29.3 Å². The van der Waals surface area contributed by atoms with Crippen molar-refractivity contribution in [1.29, 1.82) is 0 Å². The lowest BCUT2D eigenvalue weighted by atomic mass is 10.2.